The SMILES string of the molecule is CC(C)(C)C1CCCCC1Nc1ccc(Nc2ccccc2)cc1. The Labute approximate surface area is 146 Å². The maximum atomic E-state index is 3.80. The van der Waals surface area contributed by atoms with E-state index in [4.69, 9.17) is 0 Å². The summed E-state index contributed by atoms with van der Waals surface area (Å²) < 4.78 is 0. The number of hydrogen-bond donors (Lipinski definition) is 2. The van der Waals surface area contributed by atoms with Gasteiger partial charge in [0.15, 0.2) is 0 Å². The first-order chi connectivity index (χ1) is 11.5. The molecule has 0 aliphatic heterocycles. The summed E-state index contributed by atoms with van der Waals surface area (Å²) in [5.74, 6) is 0.744. The quantitative estimate of drug-likeness (QED) is 0.676. The molecule has 24 heavy (non-hydrogen) atoms. The number of anilines is 3. The molecule has 0 spiro atoms. The van der Waals surface area contributed by atoms with Crippen LogP contribution in [0.4, 0.5) is 17.1 Å². The maximum absolute atomic E-state index is 3.80. The van der Waals surface area contributed by atoms with Crippen LogP contribution in [0.3, 0.4) is 0 Å². The zero-order valence-electron chi connectivity index (χ0n) is 15.2. The summed E-state index contributed by atoms with van der Waals surface area (Å²) in [7, 11) is 0. The van der Waals surface area contributed by atoms with Gasteiger partial charge in [0, 0.05) is 23.1 Å². The van der Waals surface area contributed by atoms with E-state index in [2.05, 4.69) is 67.8 Å². The highest BCUT2D eigenvalue weighted by atomic mass is 14.9. The van der Waals surface area contributed by atoms with Crippen molar-refractivity contribution in [3.05, 3.63) is 54.6 Å². The van der Waals surface area contributed by atoms with E-state index in [0.29, 0.717) is 11.5 Å². The van der Waals surface area contributed by atoms with Gasteiger partial charge < -0.3 is 10.6 Å². The standard InChI is InChI=1S/C22H30N2/c1-22(2,3)20-11-7-8-12-21(20)24-19-15-13-18(14-16-19)23-17-9-5-4-6-10-17/h4-6,9-10,13-16,20-21,23-24H,7-8,11-12H2,1-3H3. The van der Waals surface area contributed by atoms with Crippen molar-refractivity contribution in [3.8, 4) is 0 Å². The van der Waals surface area contributed by atoms with Crippen LogP contribution in [0.1, 0.15) is 46.5 Å². The Hall–Kier alpha value is -1.96. The molecule has 0 amide bonds. The first-order valence-electron chi connectivity index (χ1n) is 9.21. The number of rotatable bonds is 4. The average Bonchev–Trinajstić information content (AvgIpc) is 2.57. The van der Waals surface area contributed by atoms with Gasteiger partial charge in [-0.1, -0.05) is 51.8 Å². The second-order valence-electron chi connectivity index (χ2n) is 8.08. The van der Waals surface area contributed by atoms with Crippen LogP contribution >= 0.6 is 0 Å². The molecule has 1 fully saturated rings. The van der Waals surface area contributed by atoms with E-state index in [1.165, 1.54) is 31.4 Å². The average molecular weight is 322 g/mol. The highest BCUT2D eigenvalue weighted by Gasteiger charge is 2.33. The van der Waals surface area contributed by atoms with Crippen molar-refractivity contribution in [1.82, 2.24) is 0 Å². The van der Waals surface area contributed by atoms with Crippen LogP contribution in [0.15, 0.2) is 54.6 Å². The third-order valence-corrected chi connectivity index (χ3v) is 5.18. The summed E-state index contributed by atoms with van der Waals surface area (Å²) in [6, 6.07) is 19.6. The molecular weight excluding hydrogens is 292 g/mol. The lowest BCUT2D eigenvalue weighted by Crippen LogP contribution is -2.39. The fourth-order valence-electron chi connectivity index (χ4n) is 3.89. The smallest absolute Gasteiger partial charge is 0.0385 e. The van der Waals surface area contributed by atoms with Crippen LogP contribution in [-0.2, 0) is 0 Å². The van der Waals surface area contributed by atoms with Crippen LogP contribution in [-0.4, -0.2) is 6.04 Å². The molecule has 0 radical (unpaired) electrons. The van der Waals surface area contributed by atoms with E-state index in [1.807, 2.05) is 18.2 Å². The van der Waals surface area contributed by atoms with Crippen LogP contribution in [0.25, 0.3) is 0 Å². The lowest BCUT2D eigenvalue weighted by molar-refractivity contribution is 0.163. The zero-order chi connectivity index (χ0) is 17.0. The number of para-hydroxylation sites is 1. The third-order valence-electron chi connectivity index (χ3n) is 5.18. The molecule has 2 aromatic carbocycles. The van der Waals surface area contributed by atoms with Crippen molar-refractivity contribution in [1.29, 1.82) is 0 Å². The third kappa shape index (κ3) is 4.31. The fraction of sp³-hybridized carbons (Fsp3) is 0.455. The largest absolute Gasteiger partial charge is 0.382 e. The second kappa shape index (κ2) is 7.29. The minimum absolute atomic E-state index is 0.368. The van der Waals surface area contributed by atoms with E-state index in [9.17, 15) is 0 Å². The van der Waals surface area contributed by atoms with E-state index in [1.54, 1.807) is 0 Å². The van der Waals surface area contributed by atoms with Gasteiger partial charge in [-0.2, -0.15) is 0 Å². The van der Waals surface area contributed by atoms with Crippen molar-refractivity contribution in [3.63, 3.8) is 0 Å². The van der Waals surface area contributed by atoms with Gasteiger partial charge in [0.1, 0.15) is 0 Å². The van der Waals surface area contributed by atoms with E-state index >= 15 is 0 Å². The number of nitrogens with one attached hydrogen (secondary N) is 2. The second-order valence-corrected chi connectivity index (χ2v) is 8.08. The predicted molar refractivity (Wildman–Crippen MR) is 105 cm³/mol. The van der Waals surface area contributed by atoms with E-state index in [0.717, 1.165) is 17.3 Å². The van der Waals surface area contributed by atoms with Crippen molar-refractivity contribution >= 4 is 17.1 Å². The lowest BCUT2D eigenvalue weighted by Gasteiger charge is -2.41. The normalized spacial score (nSPS) is 21.3. The molecule has 0 saturated heterocycles. The van der Waals surface area contributed by atoms with Gasteiger partial charge in [0.2, 0.25) is 0 Å². The predicted octanol–water partition coefficient (Wildman–Crippen LogP) is 6.45. The number of benzene rings is 2. The Bertz CT molecular complexity index is 625. The topological polar surface area (TPSA) is 24.1 Å². The Morgan fingerprint density at radius 1 is 0.750 bits per heavy atom. The van der Waals surface area contributed by atoms with Crippen molar-refractivity contribution < 1.29 is 0 Å². The molecule has 2 unspecified atom stereocenters. The Kier molecular flexibility index (Phi) is 5.13. The summed E-state index contributed by atoms with van der Waals surface area (Å²) in [4.78, 5) is 0. The Morgan fingerprint density at radius 2 is 1.33 bits per heavy atom. The Balaban J connectivity index is 1.65. The molecule has 2 atom stereocenters. The summed E-state index contributed by atoms with van der Waals surface area (Å²) in [5, 5.41) is 7.24. The molecule has 3 rings (SSSR count). The molecular formula is C22H30N2. The monoisotopic (exact) mass is 322 g/mol. The van der Waals surface area contributed by atoms with Crippen molar-refractivity contribution in [2.24, 2.45) is 11.3 Å². The molecule has 2 heteroatoms. The number of hydrogen-bond acceptors (Lipinski definition) is 2. The molecule has 2 N–H and O–H groups in total. The molecule has 128 valence electrons. The van der Waals surface area contributed by atoms with Crippen LogP contribution in [0.2, 0.25) is 0 Å². The highest BCUT2D eigenvalue weighted by molar-refractivity contribution is 5.62. The molecule has 2 nitrogen and oxygen atoms in total. The summed E-state index contributed by atoms with van der Waals surface area (Å²) >= 11 is 0. The van der Waals surface area contributed by atoms with Gasteiger partial charge in [-0.05, 0) is 60.6 Å². The van der Waals surface area contributed by atoms with Gasteiger partial charge in [-0.15, -0.1) is 0 Å². The highest BCUT2D eigenvalue weighted by Crippen LogP contribution is 2.39. The minimum Gasteiger partial charge on any atom is -0.382 e. The van der Waals surface area contributed by atoms with Gasteiger partial charge in [-0.3, -0.25) is 0 Å². The van der Waals surface area contributed by atoms with Gasteiger partial charge in [-0.25, -0.2) is 0 Å². The summed E-state index contributed by atoms with van der Waals surface area (Å²) in [6.07, 6.45) is 5.35. The van der Waals surface area contributed by atoms with Gasteiger partial charge in [0.25, 0.3) is 0 Å². The lowest BCUT2D eigenvalue weighted by atomic mass is 9.69. The molecule has 0 bridgehead atoms. The van der Waals surface area contributed by atoms with Gasteiger partial charge in [0.05, 0.1) is 0 Å². The molecule has 1 aliphatic carbocycles. The first-order valence-corrected chi connectivity index (χ1v) is 9.21. The van der Waals surface area contributed by atoms with Crippen molar-refractivity contribution in [2.45, 2.75) is 52.5 Å². The van der Waals surface area contributed by atoms with Crippen LogP contribution < -0.4 is 10.6 Å². The Morgan fingerprint density at radius 3 is 2.00 bits per heavy atom. The van der Waals surface area contributed by atoms with Crippen molar-refractivity contribution in [2.75, 3.05) is 10.6 Å². The molecule has 0 heterocycles. The molecule has 0 aromatic heterocycles. The molecule has 2 aromatic rings. The van der Waals surface area contributed by atoms with Crippen LogP contribution in [0, 0.1) is 11.3 Å². The minimum atomic E-state index is 0.368. The summed E-state index contributed by atoms with van der Waals surface area (Å²) in [6.45, 7) is 7.14. The summed E-state index contributed by atoms with van der Waals surface area (Å²) in [5.41, 5.74) is 3.85. The fourth-order valence-corrected chi connectivity index (χ4v) is 3.89. The molecule has 1 saturated carbocycles. The maximum Gasteiger partial charge on any atom is 0.0385 e. The van der Waals surface area contributed by atoms with E-state index in [-0.39, 0.29) is 0 Å². The van der Waals surface area contributed by atoms with Crippen LogP contribution in [0.5, 0.6) is 0 Å². The molecule has 1 aliphatic rings. The van der Waals surface area contributed by atoms with Gasteiger partial charge >= 0.3 is 0 Å². The zero-order valence-corrected chi connectivity index (χ0v) is 15.2. The van der Waals surface area contributed by atoms with E-state index < -0.39 is 0 Å². The first kappa shape index (κ1) is 16.9.